The minimum atomic E-state index is -4.39. The van der Waals surface area contributed by atoms with Crippen molar-refractivity contribution in [2.45, 2.75) is 6.11 Å². The van der Waals surface area contributed by atoms with E-state index < -0.39 is 12.1 Å². The molecular formula is C14H8F3O3-. The van der Waals surface area contributed by atoms with Crippen LogP contribution in [-0.2, 0) is 4.79 Å². The SMILES string of the molecule is O=C([O-])C(F)(F)Oc1ccc(-c2ccc(F)cc2)cc1. The van der Waals surface area contributed by atoms with Crippen LogP contribution in [0, 0.1) is 5.82 Å². The molecule has 2 rings (SSSR count). The monoisotopic (exact) mass is 281 g/mol. The Morgan fingerprint density at radius 3 is 1.85 bits per heavy atom. The van der Waals surface area contributed by atoms with E-state index >= 15 is 0 Å². The molecule has 6 heteroatoms. The van der Waals surface area contributed by atoms with E-state index in [2.05, 4.69) is 4.74 Å². The van der Waals surface area contributed by atoms with Gasteiger partial charge in [-0.2, -0.15) is 8.78 Å². The smallest absolute Gasteiger partial charge is 0.441 e. The van der Waals surface area contributed by atoms with E-state index in [1.807, 2.05) is 0 Å². The summed E-state index contributed by atoms with van der Waals surface area (Å²) in [6, 6.07) is 10.9. The Kier molecular flexibility index (Phi) is 3.65. The van der Waals surface area contributed by atoms with Gasteiger partial charge in [0.05, 0.1) is 0 Å². The van der Waals surface area contributed by atoms with E-state index in [1.165, 1.54) is 48.5 Å². The number of rotatable bonds is 4. The fourth-order valence-electron chi connectivity index (χ4n) is 1.55. The lowest BCUT2D eigenvalue weighted by atomic mass is 10.1. The van der Waals surface area contributed by atoms with Gasteiger partial charge in [-0.3, -0.25) is 0 Å². The molecule has 0 unspecified atom stereocenters. The second-order valence-corrected chi connectivity index (χ2v) is 3.94. The van der Waals surface area contributed by atoms with Gasteiger partial charge in [0.15, 0.2) is 5.97 Å². The highest BCUT2D eigenvalue weighted by Crippen LogP contribution is 2.25. The number of aliphatic carboxylic acids is 1. The average Bonchev–Trinajstić information content (AvgIpc) is 2.40. The van der Waals surface area contributed by atoms with Crippen molar-refractivity contribution in [1.82, 2.24) is 0 Å². The molecule has 0 bridgehead atoms. The minimum absolute atomic E-state index is 0.315. The minimum Gasteiger partial charge on any atom is -0.541 e. The van der Waals surface area contributed by atoms with Gasteiger partial charge < -0.3 is 14.6 Å². The predicted molar refractivity (Wildman–Crippen MR) is 62.4 cm³/mol. The maximum Gasteiger partial charge on any atom is 0.441 e. The Morgan fingerprint density at radius 1 is 0.950 bits per heavy atom. The number of halogens is 3. The van der Waals surface area contributed by atoms with Crippen molar-refractivity contribution in [1.29, 1.82) is 0 Å². The lowest BCUT2D eigenvalue weighted by Gasteiger charge is -2.18. The zero-order valence-corrected chi connectivity index (χ0v) is 9.98. The fourth-order valence-corrected chi connectivity index (χ4v) is 1.55. The molecule has 0 saturated heterocycles. The van der Waals surface area contributed by atoms with Gasteiger partial charge in [0.1, 0.15) is 11.6 Å². The number of ether oxygens (including phenoxy) is 1. The Balaban J connectivity index is 2.18. The Morgan fingerprint density at radius 2 is 1.40 bits per heavy atom. The Labute approximate surface area is 112 Å². The van der Waals surface area contributed by atoms with Crippen molar-refractivity contribution < 1.29 is 27.8 Å². The van der Waals surface area contributed by atoms with E-state index in [0.29, 0.717) is 11.1 Å². The average molecular weight is 281 g/mol. The van der Waals surface area contributed by atoms with E-state index in [1.54, 1.807) is 0 Å². The van der Waals surface area contributed by atoms with Crippen molar-refractivity contribution in [3.8, 4) is 16.9 Å². The first-order chi connectivity index (χ1) is 9.38. The van der Waals surface area contributed by atoms with Gasteiger partial charge in [0.25, 0.3) is 0 Å². The van der Waals surface area contributed by atoms with Crippen LogP contribution in [0.25, 0.3) is 11.1 Å². The van der Waals surface area contributed by atoms with Crippen LogP contribution < -0.4 is 9.84 Å². The van der Waals surface area contributed by atoms with Gasteiger partial charge in [-0.25, -0.2) is 4.39 Å². The van der Waals surface area contributed by atoms with Gasteiger partial charge >= 0.3 is 6.11 Å². The predicted octanol–water partition coefficient (Wildman–Crippen LogP) is 2.21. The molecule has 2 aromatic carbocycles. The number of benzene rings is 2. The first kappa shape index (κ1) is 13.9. The molecule has 0 aliphatic heterocycles. The van der Waals surface area contributed by atoms with Crippen molar-refractivity contribution in [3.63, 3.8) is 0 Å². The van der Waals surface area contributed by atoms with E-state index in [9.17, 15) is 23.1 Å². The quantitative estimate of drug-likeness (QED) is 0.863. The van der Waals surface area contributed by atoms with E-state index in [0.717, 1.165) is 0 Å². The van der Waals surface area contributed by atoms with E-state index in [-0.39, 0.29) is 11.6 Å². The maximum atomic E-state index is 12.8. The molecule has 2 aromatic rings. The van der Waals surface area contributed by atoms with Crippen molar-refractivity contribution in [2.75, 3.05) is 0 Å². The molecule has 0 aromatic heterocycles. The molecule has 0 saturated carbocycles. The Hall–Kier alpha value is -2.50. The van der Waals surface area contributed by atoms with Gasteiger partial charge in [0.2, 0.25) is 0 Å². The number of carbonyl (C=O) groups is 1. The molecule has 0 N–H and O–H groups in total. The van der Waals surface area contributed by atoms with Crippen LogP contribution in [-0.4, -0.2) is 12.1 Å². The third-order valence-electron chi connectivity index (χ3n) is 2.52. The number of carboxylic acid groups (broad SMARTS) is 1. The molecular weight excluding hydrogens is 273 g/mol. The van der Waals surface area contributed by atoms with Crippen LogP contribution >= 0.6 is 0 Å². The highest BCUT2D eigenvalue weighted by atomic mass is 19.3. The third kappa shape index (κ3) is 3.09. The van der Waals surface area contributed by atoms with Gasteiger partial charge in [-0.1, -0.05) is 24.3 Å². The first-order valence-electron chi connectivity index (χ1n) is 5.53. The number of carboxylic acids is 1. The van der Waals surface area contributed by atoms with Crippen molar-refractivity contribution in [2.24, 2.45) is 0 Å². The molecule has 3 nitrogen and oxygen atoms in total. The van der Waals surface area contributed by atoms with Crippen molar-refractivity contribution in [3.05, 3.63) is 54.3 Å². The van der Waals surface area contributed by atoms with Crippen LogP contribution in [0.1, 0.15) is 0 Å². The lowest BCUT2D eigenvalue weighted by molar-refractivity contribution is -0.350. The Bertz CT molecular complexity index is 607. The lowest BCUT2D eigenvalue weighted by Crippen LogP contribution is -2.45. The summed E-state index contributed by atoms with van der Waals surface area (Å²) in [5.74, 6) is -3.31. The molecule has 0 amide bonds. The van der Waals surface area contributed by atoms with Crippen LogP contribution in [0.15, 0.2) is 48.5 Å². The van der Waals surface area contributed by atoms with Crippen LogP contribution in [0.4, 0.5) is 13.2 Å². The normalized spacial score (nSPS) is 11.2. The molecule has 0 radical (unpaired) electrons. The molecule has 0 aliphatic rings. The molecule has 104 valence electrons. The first-order valence-corrected chi connectivity index (χ1v) is 5.53. The summed E-state index contributed by atoms with van der Waals surface area (Å²) in [4.78, 5) is 10.1. The molecule has 20 heavy (non-hydrogen) atoms. The molecule has 0 fully saturated rings. The van der Waals surface area contributed by atoms with Crippen LogP contribution in [0.5, 0.6) is 5.75 Å². The second kappa shape index (κ2) is 5.24. The standard InChI is InChI=1S/C14H9F3O3/c15-11-5-1-9(2-6-11)10-3-7-12(8-4-10)20-14(16,17)13(18)19/h1-8H,(H,18,19)/p-1. The van der Waals surface area contributed by atoms with Gasteiger partial charge in [0, 0.05) is 0 Å². The summed E-state index contributed by atoms with van der Waals surface area (Å²) in [5, 5.41) is 10.1. The highest BCUT2D eigenvalue weighted by molar-refractivity contribution is 5.71. The zero-order valence-electron chi connectivity index (χ0n) is 9.98. The number of hydrogen-bond donors (Lipinski definition) is 0. The molecule has 0 atom stereocenters. The third-order valence-corrected chi connectivity index (χ3v) is 2.52. The fraction of sp³-hybridized carbons (Fsp3) is 0.0714. The highest BCUT2D eigenvalue weighted by Gasteiger charge is 2.33. The molecule has 0 heterocycles. The van der Waals surface area contributed by atoms with Crippen molar-refractivity contribution >= 4 is 5.97 Å². The zero-order chi connectivity index (χ0) is 14.8. The number of alkyl halides is 2. The topological polar surface area (TPSA) is 49.4 Å². The summed E-state index contributed by atoms with van der Waals surface area (Å²) in [6.45, 7) is 0. The number of carbonyl (C=O) groups excluding carboxylic acids is 1. The van der Waals surface area contributed by atoms with Gasteiger partial charge in [-0.15, -0.1) is 0 Å². The summed E-state index contributed by atoms with van der Waals surface area (Å²) < 4.78 is 42.3. The van der Waals surface area contributed by atoms with Gasteiger partial charge in [-0.05, 0) is 35.4 Å². The summed E-state index contributed by atoms with van der Waals surface area (Å²) >= 11 is 0. The summed E-state index contributed by atoms with van der Waals surface area (Å²) in [5.41, 5.74) is 1.33. The van der Waals surface area contributed by atoms with Crippen LogP contribution in [0.3, 0.4) is 0 Å². The van der Waals surface area contributed by atoms with Crippen LogP contribution in [0.2, 0.25) is 0 Å². The largest absolute Gasteiger partial charge is 0.541 e. The summed E-state index contributed by atoms with van der Waals surface area (Å²) in [7, 11) is 0. The molecule has 0 spiro atoms. The maximum absolute atomic E-state index is 12.8. The van der Waals surface area contributed by atoms with E-state index in [4.69, 9.17) is 0 Å². The summed E-state index contributed by atoms with van der Waals surface area (Å²) in [6.07, 6.45) is -4.39. The molecule has 0 aliphatic carbocycles. The second-order valence-electron chi connectivity index (χ2n) is 3.94. The number of hydrogen-bond acceptors (Lipinski definition) is 3.